The average molecular weight is 230 g/mol. The smallest absolute Gasteiger partial charge is 0.135 e. The lowest BCUT2D eigenvalue weighted by molar-refractivity contribution is 0.412. The maximum absolute atomic E-state index is 5.58. The number of anilines is 3. The maximum Gasteiger partial charge on any atom is 0.135 e. The monoisotopic (exact) mass is 230 g/mol. The predicted molar refractivity (Wildman–Crippen MR) is 67.5 cm³/mol. The Kier molecular flexibility index (Phi) is 3.09. The number of nitrogens with two attached hydrogens (primary N) is 1. The van der Waals surface area contributed by atoms with E-state index in [1.54, 1.807) is 13.2 Å². The van der Waals surface area contributed by atoms with Crippen LogP contribution in [0.15, 0.2) is 30.6 Å². The number of nitrogen functional groups attached to an aromatic ring is 1. The zero-order valence-electron chi connectivity index (χ0n) is 9.77. The van der Waals surface area contributed by atoms with Crippen LogP contribution in [0.5, 0.6) is 5.75 Å². The van der Waals surface area contributed by atoms with E-state index in [0.29, 0.717) is 11.6 Å². The van der Waals surface area contributed by atoms with Crippen LogP contribution in [0.4, 0.5) is 17.3 Å². The minimum Gasteiger partial charge on any atom is -0.496 e. The Balaban J connectivity index is 2.22. The Bertz CT molecular complexity index is 528. The first-order chi connectivity index (χ1) is 8.19. The zero-order valence-corrected chi connectivity index (χ0v) is 9.77. The molecule has 0 bridgehead atoms. The van der Waals surface area contributed by atoms with Gasteiger partial charge in [-0.25, -0.2) is 9.97 Å². The normalized spacial score (nSPS) is 10.0. The maximum atomic E-state index is 5.58. The second-order valence-corrected chi connectivity index (χ2v) is 3.64. The molecule has 0 fully saturated rings. The van der Waals surface area contributed by atoms with Crippen molar-refractivity contribution in [1.82, 2.24) is 9.97 Å². The average Bonchev–Trinajstić information content (AvgIpc) is 2.29. The number of aryl methyl sites for hydroxylation is 1. The van der Waals surface area contributed by atoms with Gasteiger partial charge in [-0.05, 0) is 30.7 Å². The molecule has 1 aromatic carbocycles. The molecule has 1 aromatic heterocycles. The van der Waals surface area contributed by atoms with Crippen molar-refractivity contribution in [2.45, 2.75) is 6.92 Å². The lowest BCUT2D eigenvalue weighted by atomic mass is 10.2. The van der Waals surface area contributed by atoms with E-state index in [2.05, 4.69) is 15.3 Å². The molecular formula is C12H14N4O. The molecule has 2 aromatic rings. The second kappa shape index (κ2) is 4.69. The highest BCUT2D eigenvalue weighted by Crippen LogP contribution is 2.23. The Labute approximate surface area is 99.7 Å². The molecule has 17 heavy (non-hydrogen) atoms. The lowest BCUT2D eigenvalue weighted by Gasteiger charge is -2.09. The van der Waals surface area contributed by atoms with E-state index >= 15 is 0 Å². The van der Waals surface area contributed by atoms with Crippen LogP contribution >= 0.6 is 0 Å². The Hall–Kier alpha value is -2.30. The van der Waals surface area contributed by atoms with Crippen molar-refractivity contribution in [3.8, 4) is 5.75 Å². The standard InChI is InChI=1S/C12H14N4O/c1-8-5-9(3-4-10(8)17-2)16-12-6-11(13)14-7-15-12/h3-7H,1-2H3,(H3,13,14,15,16). The largest absolute Gasteiger partial charge is 0.496 e. The molecule has 1 heterocycles. The number of hydrogen-bond acceptors (Lipinski definition) is 5. The summed E-state index contributed by atoms with van der Waals surface area (Å²) in [6.45, 7) is 1.98. The van der Waals surface area contributed by atoms with E-state index in [-0.39, 0.29) is 0 Å². The number of ether oxygens (including phenoxy) is 1. The van der Waals surface area contributed by atoms with E-state index in [9.17, 15) is 0 Å². The highest BCUT2D eigenvalue weighted by molar-refractivity contribution is 5.60. The highest BCUT2D eigenvalue weighted by atomic mass is 16.5. The minimum atomic E-state index is 0.438. The van der Waals surface area contributed by atoms with Gasteiger partial charge in [0.15, 0.2) is 0 Å². The third-order valence-electron chi connectivity index (χ3n) is 2.36. The third kappa shape index (κ3) is 2.63. The van der Waals surface area contributed by atoms with Gasteiger partial charge in [0.1, 0.15) is 23.7 Å². The summed E-state index contributed by atoms with van der Waals surface area (Å²) in [5.74, 6) is 1.97. The molecule has 0 aliphatic rings. The molecule has 5 heteroatoms. The van der Waals surface area contributed by atoms with Gasteiger partial charge in [-0.15, -0.1) is 0 Å². The summed E-state index contributed by atoms with van der Waals surface area (Å²) < 4.78 is 5.20. The number of rotatable bonds is 3. The van der Waals surface area contributed by atoms with Crippen LogP contribution in [-0.2, 0) is 0 Å². The fraction of sp³-hybridized carbons (Fsp3) is 0.167. The molecule has 0 amide bonds. The van der Waals surface area contributed by atoms with Crippen LogP contribution in [-0.4, -0.2) is 17.1 Å². The van der Waals surface area contributed by atoms with Gasteiger partial charge in [-0.3, -0.25) is 0 Å². The van der Waals surface area contributed by atoms with Crippen LogP contribution in [0.3, 0.4) is 0 Å². The molecule has 0 aliphatic heterocycles. The van der Waals surface area contributed by atoms with Gasteiger partial charge in [0.05, 0.1) is 7.11 Å². The molecule has 88 valence electrons. The fourth-order valence-corrected chi connectivity index (χ4v) is 1.54. The molecule has 0 unspecified atom stereocenters. The fourth-order valence-electron chi connectivity index (χ4n) is 1.54. The summed E-state index contributed by atoms with van der Waals surface area (Å²) in [6.07, 6.45) is 1.42. The molecule has 2 rings (SSSR count). The first-order valence-corrected chi connectivity index (χ1v) is 5.18. The van der Waals surface area contributed by atoms with E-state index in [0.717, 1.165) is 17.0 Å². The summed E-state index contributed by atoms with van der Waals surface area (Å²) in [4.78, 5) is 7.91. The summed E-state index contributed by atoms with van der Waals surface area (Å²) in [5, 5.41) is 3.15. The predicted octanol–water partition coefficient (Wildman–Crippen LogP) is 2.12. The van der Waals surface area contributed by atoms with Crippen molar-refractivity contribution >= 4 is 17.3 Å². The van der Waals surface area contributed by atoms with Gasteiger partial charge in [0, 0.05) is 11.8 Å². The van der Waals surface area contributed by atoms with Gasteiger partial charge >= 0.3 is 0 Å². The van der Waals surface area contributed by atoms with Crippen molar-refractivity contribution < 1.29 is 4.74 Å². The highest BCUT2D eigenvalue weighted by Gasteiger charge is 2.01. The van der Waals surface area contributed by atoms with Crippen LogP contribution in [0, 0.1) is 6.92 Å². The van der Waals surface area contributed by atoms with Gasteiger partial charge in [-0.2, -0.15) is 0 Å². The van der Waals surface area contributed by atoms with E-state index in [1.165, 1.54) is 6.33 Å². The number of aromatic nitrogens is 2. The zero-order chi connectivity index (χ0) is 12.3. The van der Waals surface area contributed by atoms with Crippen LogP contribution in [0.25, 0.3) is 0 Å². The van der Waals surface area contributed by atoms with Crippen LogP contribution < -0.4 is 15.8 Å². The summed E-state index contributed by atoms with van der Waals surface area (Å²) in [7, 11) is 1.65. The molecule has 5 nitrogen and oxygen atoms in total. The van der Waals surface area contributed by atoms with Gasteiger partial charge in [-0.1, -0.05) is 0 Å². The van der Waals surface area contributed by atoms with Crippen molar-refractivity contribution in [2.24, 2.45) is 0 Å². The Morgan fingerprint density at radius 3 is 2.71 bits per heavy atom. The van der Waals surface area contributed by atoms with Gasteiger partial charge in [0.2, 0.25) is 0 Å². The summed E-state index contributed by atoms with van der Waals surface area (Å²) >= 11 is 0. The SMILES string of the molecule is COc1ccc(Nc2cc(N)ncn2)cc1C. The minimum absolute atomic E-state index is 0.438. The van der Waals surface area contributed by atoms with Gasteiger partial charge < -0.3 is 15.8 Å². The third-order valence-corrected chi connectivity index (χ3v) is 2.36. The van der Waals surface area contributed by atoms with Crippen molar-refractivity contribution in [3.05, 3.63) is 36.2 Å². The van der Waals surface area contributed by atoms with Crippen LogP contribution in [0.1, 0.15) is 5.56 Å². The molecule has 0 radical (unpaired) electrons. The molecule has 3 N–H and O–H groups in total. The Morgan fingerprint density at radius 2 is 2.06 bits per heavy atom. The number of nitrogens with one attached hydrogen (secondary N) is 1. The molecule has 0 spiro atoms. The summed E-state index contributed by atoms with van der Waals surface area (Å²) in [6, 6.07) is 7.49. The number of nitrogens with zero attached hydrogens (tertiary/aromatic N) is 2. The molecule has 0 saturated carbocycles. The second-order valence-electron chi connectivity index (χ2n) is 3.64. The quantitative estimate of drug-likeness (QED) is 0.844. The first-order valence-electron chi connectivity index (χ1n) is 5.18. The van der Waals surface area contributed by atoms with E-state index in [1.807, 2.05) is 25.1 Å². The molecule has 0 atom stereocenters. The number of hydrogen-bond donors (Lipinski definition) is 2. The number of methoxy groups -OCH3 is 1. The van der Waals surface area contributed by atoms with Crippen molar-refractivity contribution in [1.29, 1.82) is 0 Å². The number of benzene rings is 1. The summed E-state index contributed by atoms with van der Waals surface area (Å²) in [5.41, 5.74) is 7.56. The van der Waals surface area contributed by atoms with Crippen molar-refractivity contribution in [2.75, 3.05) is 18.2 Å². The molecular weight excluding hydrogens is 216 g/mol. The van der Waals surface area contributed by atoms with Gasteiger partial charge in [0.25, 0.3) is 0 Å². The Morgan fingerprint density at radius 1 is 1.24 bits per heavy atom. The molecule has 0 saturated heterocycles. The first kappa shape index (κ1) is 11.2. The van der Waals surface area contributed by atoms with E-state index < -0.39 is 0 Å². The van der Waals surface area contributed by atoms with E-state index in [4.69, 9.17) is 10.5 Å². The lowest BCUT2D eigenvalue weighted by Crippen LogP contribution is -1.98. The molecule has 0 aliphatic carbocycles. The topological polar surface area (TPSA) is 73.1 Å². The van der Waals surface area contributed by atoms with Crippen molar-refractivity contribution in [3.63, 3.8) is 0 Å². The van der Waals surface area contributed by atoms with Crippen LogP contribution in [0.2, 0.25) is 0 Å².